The minimum Gasteiger partial charge on any atom is -0.465 e. The molecule has 0 heterocycles. The number of hydrogen-bond acceptors (Lipinski definition) is 5. The first-order chi connectivity index (χ1) is 14.4. The number of esters is 2. The summed E-state index contributed by atoms with van der Waals surface area (Å²) < 4.78 is 10.5. The Kier molecular flexibility index (Phi) is 5.65. The first-order valence-electron chi connectivity index (χ1n) is 10.7. The molecule has 4 rings (SSSR count). The molecule has 1 fully saturated rings. The van der Waals surface area contributed by atoms with Crippen molar-refractivity contribution < 1.29 is 19.1 Å². The summed E-state index contributed by atoms with van der Waals surface area (Å²) in [4.78, 5) is 24.8. The second-order valence-corrected chi connectivity index (χ2v) is 8.75. The van der Waals surface area contributed by atoms with Gasteiger partial charge in [0.05, 0.1) is 18.2 Å². The van der Waals surface area contributed by atoms with Crippen molar-refractivity contribution in [1.29, 1.82) is 0 Å². The maximum atomic E-state index is 12.8. The van der Waals surface area contributed by atoms with Crippen molar-refractivity contribution in [3.05, 3.63) is 64.7 Å². The highest BCUT2D eigenvalue weighted by Gasteiger charge is 2.43. The number of benzene rings is 2. The second kappa shape index (κ2) is 8.23. The molecule has 30 heavy (non-hydrogen) atoms. The van der Waals surface area contributed by atoms with Crippen molar-refractivity contribution in [3.63, 3.8) is 0 Å². The lowest BCUT2D eigenvalue weighted by Crippen LogP contribution is -2.52. The van der Waals surface area contributed by atoms with Gasteiger partial charge in [-0.25, -0.2) is 9.59 Å². The molecule has 0 saturated heterocycles. The van der Waals surface area contributed by atoms with Gasteiger partial charge in [-0.2, -0.15) is 0 Å². The van der Waals surface area contributed by atoms with Gasteiger partial charge in [-0.1, -0.05) is 44.4 Å². The van der Waals surface area contributed by atoms with Crippen LogP contribution in [0.5, 0.6) is 5.75 Å². The van der Waals surface area contributed by atoms with Gasteiger partial charge in [0.15, 0.2) is 0 Å². The van der Waals surface area contributed by atoms with E-state index in [4.69, 9.17) is 15.2 Å². The van der Waals surface area contributed by atoms with Gasteiger partial charge in [-0.15, -0.1) is 0 Å². The van der Waals surface area contributed by atoms with Crippen molar-refractivity contribution in [3.8, 4) is 5.75 Å². The van der Waals surface area contributed by atoms with E-state index in [0.717, 1.165) is 19.3 Å². The van der Waals surface area contributed by atoms with Crippen LogP contribution in [0.25, 0.3) is 0 Å². The molecule has 2 aliphatic rings. The summed E-state index contributed by atoms with van der Waals surface area (Å²) in [5, 5.41) is 0. The van der Waals surface area contributed by atoms with E-state index in [1.165, 1.54) is 37.5 Å². The maximum absolute atomic E-state index is 12.8. The number of hydrogen-bond donors (Lipinski definition) is 1. The lowest BCUT2D eigenvalue weighted by molar-refractivity contribution is 0.0587. The minimum atomic E-state index is -0.572. The van der Waals surface area contributed by atoms with Crippen LogP contribution in [0.4, 0.5) is 0 Å². The fourth-order valence-electron chi connectivity index (χ4n) is 5.21. The molecule has 0 radical (unpaired) electrons. The van der Waals surface area contributed by atoms with E-state index in [1.54, 1.807) is 24.3 Å². The lowest BCUT2D eigenvalue weighted by atomic mass is 9.60. The Morgan fingerprint density at radius 1 is 1.03 bits per heavy atom. The number of methoxy groups -OCH3 is 1. The highest BCUT2D eigenvalue weighted by molar-refractivity contribution is 6.03. The van der Waals surface area contributed by atoms with Crippen LogP contribution in [0.2, 0.25) is 0 Å². The molecule has 0 aliphatic heterocycles. The van der Waals surface area contributed by atoms with Gasteiger partial charge in [0, 0.05) is 11.5 Å². The zero-order valence-electron chi connectivity index (χ0n) is 17.6. The largest absolute Gasteiger partial charge is 0.465 e. The molecule has 0 unspecified atom stereocenters. The third-order valence-corrected chi connectivity index (χ3v) is 6.96. The van der Waals surface area contributed by atoms with E-state index in [2.05, 4.69) is 13.0 Å². The monoisotopic (exact) mass is 407 g/mol. The van der Waals surface area contributed by atoms with E-state index in [0.29, 0.717) is 11.7 Å². The number of fused-ring (bicyclic) bond motifs is 4. The smallest absolute Gasteiger partial charge is 0.344 e. The van der Waals surface area contributed by atoms with Crippen LogP contribution >= 0.6 is 0 Å². The van der Waals surface area contributed by atoms with Gasteiger partial charge < -0.3 is 15.2 Å². The third kappa shape index (κ3) is 3.63. The SMILES string of the molecule is COC(=O)c1ccccc1C(=O)Oc1ccc2c(c1)[C@@]1(C)CCCCC[C@@H](C2)[C@@H]1N. The van der Waals surface area contributed by atoms with Crippen LogP contribution in [-0.4, -0.2) is 25.1 Å². The number of rotatable bonds is 3. The van der Waals surface area contributed by atoms with Crippen LogP contribution in [0, 0.1) is 5.92 Å². The van der Waals surface area contributed by atoms with Crippen LogP contribution in [0.3, 0.4) is 0 Å². The lowest BCUT2D eigenvalue weighted by Gasteiger charge is -2.47. The predicted molar refractivity (Wildman–Crippen MR) is 115 cm³/mol. The average molecular weight is 408 g/mol. The number of ether oxygens (including phenoxy) is 2. The van der Waals surface area contributed by atoms with Crippen LogP contribution in [0.1, 0.15) is 70.9 Å². The molecule has 2 aliphatic carbocycles. The highest BCUT2D eigenvalue weighted by Crippen LogP contribution is 2.46. The minimum absolute atomic E-state index is 0.108. The molecule has 5 nitrogen and oxygen atoms in total. The number of carbonyl (C=O) groups excluding carboxylic acids is 2. The molecule has 0 aromatic heterocycles. The zero-order valence-corrected chi connectivity index (χ0v) is 17.6. The Bertz CT molecular complexity index is 969. The zero-order chi connectivity index (χ0) is 21.3. The Morgan fingerprint density at radius 3 is 2.50 bits per heavy atom. The summed E-state index contributed by atoms with van der Waals surface area (Å²) in [6, 6.07) is 12.5. The maximum Gasteiger partial charge on any atom is 0.344 e. The van der Waals surface area contributed by atoms with Gasteiger partial charge in [-0.05, 0) is 60.6 Å². The Balaban J connectivity index is 1.65. The molecule has 2 aromatic carbocycles. The predicted octanol–water partition coefficient (Wildman–Crippen LogP) is 4.41. The molecule has 3 atom stereocenters. The fraction of sp³-hybridized carbons (Fsp3) is 0.440. The molecule has 2 bridgehead atoms. The normalized spacial score (nSPS) is 25.4. The van der Waals surface area contributed by atoms with E-state index in [1.807, 2.05) is 12.1 Å². The van der Waals surface area contributed by atoms with E-state index >= 15 is 0 Å². The topological polar surface area (TPSA) is 78.6 Å². The van der Waals surface area contributed by atoms with Gasteiger partial charge in [-0.3, -0.25) is 0 Å². The van der Waals surface area contributed by atoms with Crippen molar-refractivity contribution in [2.24, 2.45) is 11.7 Å². The Labute approximate surface area is 177 Å². The van der Waals surface area contributed by atoms with Crippen LogP contribution < -0.4 is 10.5 Å². The quantitative estimate of drug-likeness (QED) is 0.602. The standard InChI is InChI=1S/C25H29NO4/c1-25-13-7-3-4-8-17(22(25)26)14-16-11-12-18(15-21(16)25)30-24(28)20-10-6-5-9-19(20)23(27)29-2/h5-6,9-12,15,17,22H,3-4,7-8,13-14,26H2,1-2H3/t17-,22-,25+/m0/s1. The summed E-state index contributed by atoms with van der Waals surface area (Å²) in [5.41, 5.74) is 9.52. The van der Waals surface area contributed by atoms with Crippen molar-refractivity contribution in [2.75, 3.05) is 7.11 Å². The summed E-state index contributed by atoms with van der Waals surface area (Å²) >= 11 is 0. The van der Waals surface area contributed by atoms with Gasteiger partial charge in [0.25, 0.3) is 0 Å². The van der Waals surface area contributed by atoms with Crippen LogP contribution in [0.15, 0.2) is 42.5 Å². The first kappa shape index (κ1) is 20.6. The van der Waals surface area contributed by atoms with Crippen molar-refractivity contribution >= 4 is 11.9 Å². The van der Waals surface area contributed by atoms with Crippen molar-refractivity contribution in [1.82, 2.24) is 0 Å². The van der Waals surface area contributed by atoms with E-state index in [9.17, 15) is 9.59 Å². The molecular formula is C25H29NO4. The Hall–Kier alpha value is -2.66. The molecule has 0 spiro atoms. The molecule has 5 heteroatoms. The second-order valence-electron chi connectivity index (χ2n) is 8.75. The van der Waals surface area contributed by atoms with Gasteiger partial charge in [0.1, 0.15) is 5.75 Å². The van der Waals surface area contributed by atoms with Crippen LogP contribution in [-0.2, 0) is 16.6 Å². The van der Waals surface area contributed by atoms with Gasteiger partial charge in [0.2, 0.25) is 0 Å². The Morgan fingerprint density at radius 2 is 1.77 bits per heavy atom. The summed E-state index contributed by atoms with van der Waals surface area (Å²) in [5.74, 6) is -0.153. The number of carbonyl (C=O) groups is 2. The highest BCUT2D eigenvalue weighted by atomic mass is 16.5. The van der Waals surface area contributed by atoms with Gasteiger partial charge >= 0.3 is 11.9 Å². The molecule has 158 valence electrons. The molecule has 0 amide bonds. The van der Waals surface area contributed by atoms with Crippen molar-refractivity contribution in [2.45, 2.75) is 56.9 Å². The third-order valence-electron chi connectivity index (χ3n) is 6.96. The molecule has 1 saturated carbocycles. The van der Waals surface area contributed by atoms with E-state index < -0.39 is 11.9 Å². The molecule has 2 aromatic rings. The number of nitrogens with two attached hydrogens (primary N) is 1. The summed E-state index contributed by atoms with van der Waals surface area (Å²) in [6.45, 7) is 2.26. The fourth-order valence-corrected chi connectivity index (χ4v) is 5.21. The van der Waals surface area contributed by atoms with E-state index in [-0.39, 0.29) is 22.6 Å². The first-order valence-corrected chi connectivity index (χ1v) is 10.7. The summed E-state index contributed by atoms with van der Waals surface area (Å²) in [6.07, 6.45) is 6.85. The molecule has 2 N–H and O–H groups in total. The summed E-state index contributed by atoms with van der Waals surface area (Å²) in [7, 11) is 1.29. The molecular weight excluding hydrogens is 378 g/mol. The average Bonchev–Trinajstić information content (AvgIpc) is 2.76.